The predicted octanol–water partition coefficient (Wildman–Crippen LogP) is 7.20. The number of benzene rings is 1. The van der Waals surface area contributed by atoms with Crippen molar-refractivity contribution in [2.24, 2.45) is 5.92 Å². The van der Waals surface area contributed by atoms with Gasteiger partial charge in [-0.1, -0.05) is 101 Å². The molecular formula is C26H40O4. The third-order valence-corrected chi connectivity index (χ3v) is 5.67. The molecule has 0 aliphatic heterocycles. The van der Waals surface area contributed by atoms with Gasteiger partial charge in [0.25, 0.3) is 0 Å². The average Bonchev–Trinajstić information content (AvgIpc) is 2.73. The monoisotopic (exact) mass is 416 g/mol. The minimum absolute atomic E-state index is 0.398. The van der Waals surface area contributed by atoms with Crippen LogP contribution < -0.4 is 0 Å². The zero-order chi connectivity index (χ0) is 22.0. The smallest absolute Gasteiger partial charge is 0.311 e. The normalized spacial score (nSPS) is 13.4. The topological polar surface area (TPSA) is 74.6 Å². The van der Waals surface area contributed by atoms with E-state index in [-0.39, 0.29) is 0 Å². The van der Waals surface area contributed by atoms with Gasteiger partial charge in [0, 0.05) is 0 Å². The number of unbranched alkanes of at least 4 members (excludes halogenated alkanes) is 10. The second-order valence-corrected chi connectivity index (χ2v) is 8.19. The van der Waals surface area contributed by atoms with Crippen LogP contribution in [0.25, 0.3) is 0 Å². The summed E-state index contributed by atoms with van der Waals surface area (Å²) in [6.45, 7) is 2.24. The highest BCUT2D eigenvalue weighted by Crippen LogP contribution is 2.30. The Bertz CT molecular complexity index is 609. The van der Waals surface area contributed by atoms with Gasteiger partial charge in [0.2, 0.25) is 0 Å². The number of carbonyl (C=O) groups is 2. The third-order valence-electron chi connectivity index (χ3n) is 5.67. The predicted molar refractivity (Wildman–Crippen MR) is 123 cm³/mol. The molecule has 0 heterocycles. The van der Waals surface area contributed by atoms with Crippen LogP contribution in [0.4, 0.5) is 0 Å². The number of rotatable bonds is 18. The van der Waals surface area contributed by atoms with Gasteiger partial charge in [0.1, 0.15) is 0 Å². The highest BCUT2D eigenvalue weighted by atomic mass is 16.4. The van der Waals surface area contributed by atoms with Crippen LogP contribution in [0, 0.1) is 5.92 Å². The summed E-state index contributed by atoms with van der Waals surface area (Å²) in [4.78, 5) is 23.4. The summed E-state index contributed by atoms with van der Waals surface area (Å²) >= 11 is 0. The average molecular weight is 417 g/mol. The van der Waals surface area contributed by atoms with E-state index < -0.39 is 23.8 Å². The molecule has 1 rings (SSSR count). The maximum absolute atomic E-state index is 11.7. The van der Waals surface area contributed by atoms with Crippen molar-refractivity contribution in [3.63, 3.8) is 0 Å². The fourth-order valence-electron chi connectivity index (χ4n) is 3.90. The molecule has 0 aromatic heterocycles. The Kier molecular flexibility index (Phi) is 14.4. The summed E-state index contributed by atoms with van der Waals surface area (Å²) in [5.41, 5.74) is 0.563. The minimum Gasteiger partial charge on any atom is -0.481 e. The van der Waals surface area contributed by atoms with Crippen molar-refractivity contribution in [2.75, 3.05) is 0 Å². The molecular weight excluding hydrogens is 376 g/mol. The number of hydrogen-bond donors (Lipinski definition) is 2. The van der Waals surface area contributed by atoms with E-state index in [1.807, 2.05) is 0 Å². The second-order valence-electron chi connectivity index (χ2n) is 8.19. The lowest BCUT2D eigenvalue weighted by atomic mass is 9.82. The molecule has 30 heavy (non-hydrogen) atoms. The molecule has 0 amide bonds. The maximum atomic E-state index is 11.7. The summed E-state index contributed by atoms with van der Waals surface area (Å²) < 4.78 is 0. The first-order valence-electron chi connectivity index (χ1n) is 11.7. The Balaban J connectivity index is 2.22. The van der Waals surface area contributed by atoms with Crippen LogP contribution in [0.15, 0.2) is 42.5 Å². The van der Waals surface area contributed by atoms with Gasteiger partial charge in [-0.3, -0.25) is 9.59 Å². The lowest BCUT2D eigenvalue weighted by Crippen LogP contribution is -2.28. The number of carboxylic acid groups (broad SMARTS) is 2. The molecule has 4 heteroatoms. The van der Waals surface area contributed by atoms with Gasteiger partial charge in [-0.25, -0.2) is 0 Å². The van der Waals surface area contributed by atoms with E-state index in [1.165, 1.54) is 44.9 Å². The summed E-state index contributed by atoms with van der Waals surface area (Å²) in [6.07, 6.45) is 19.0. The van der Waals surface area contributed by atoms with Crippen LogP contribution in [-0.2, 0) is 9.59 Å². The zero-order valence-corrected chi connectivity index (χ0v) is 18.6. The van der Waals surface area contributed by atoms with E-state index >= 15 is 0 Å². The maximum Gasteiger partial charge on any atom is 0.311 e. The van der Waals surface area contributed by atoms with Crippen LogP contribution in [0.1, 0.15) is 102 Å². The van der Waals surface area contributed by atoms with E-state index in [2.05, 4.69) is 19.1 Å². The summed E-state index contributed by atoms with van der Waals surface area (Å²) in [6, 6.07) is 8.72. The van der Waals surface area contributed by atoms with Crippen molar-refractivity contribution in [3.05, 3.63) is 48.0 Å². The first kappa shape index (κ1) is 25.9. The van der Waals surface area contributed by atoms with Crippen molar-refractivity contribution in [3.8, 4) is 0 Å². The molecule has 0 radical (unpaired) electrons. The molecule has 2 unspecified atom stereocenters. The minimum atomic E-state index is -1.07. The van der Waals surface area contributed by atoms with Crippen molar-refractivity contribution in [1.82, 2.24) is 0 Å². The van der Waals surface area contributed by atoms with Gasteiger partial charge in [-0.05, 0) is 37.7 Å². The molecule has 0 saturated carbocycles. The number of hydrogen-bond acceptors (Lipinski definition) is 2. The van der Waals surface area contributed by atoms with Crippen LogP contribution in [0.5, 0.6) is 0 Å². The molecule has 2 atom stereocenters. The highest BCUT2D eigenvalue weighted by Gasteiger charge is 2.34. The van der Waals surface area contributed by atoms with Crippen molar-refractivity contribution >= 4 is 11.9 Å². The molecule has 0 aliphatic carbocycles. The highest BCUT2D eigenvalue weighted by molar-refractivity contribution is 5.84. The Morgan fingerprint density at radius 3 is 1.83 bits per heavy atom. The summed E-state index contributed by atoms with van der Waals surface area (Å²) in [5.74, 6) is -3.97. The van der Waals surface area contributed by atoms with E-state index in [0.717, 1.165) is 32.1 Å². The van der Waals surface area contributed by atoms with Crippen molar-refractivity contribution in [1.29, 1.82) is 0 Å². The Labute approximate surface area is 182 Å². The van der Waals surface area contributed by atoms with Gasteiger partial charge in [-0.15, -0.1) is 0 Å². The fraction of sp³-hybridized carbons (Fsp3) is 0.615. The standard InChI is InChI=1S/C26H40O4/c1-2-3-4-5-6-7-8-9-10-11-12-13-14-18-21-23(25(27)28)24(26(29)30)22-19-16-15-17-20-22/h9-10,15-17,19-20,23-24H,2-8,11-14,18,21H2,1H3,(H,27,28)(H,29,30)/b10-9-. The molecule has 0 saturated heterocycles. The fourth-order valence-corrected chi connectivity index (χ4v) is 3.90. The second kappa shape index (κ2) is 16.7. The van der Waals surface area contributed by atoms with E-state index in [9.17, 15) is 19.8 Å². The van der Waals surface area contributed by atoms with Crippen molar-refractivity contribution in [2.45, 2.75) is 96.3 Å². The molecule has 0 fully saturated rings. The largest absolute Gasteiger partial charge is 0.481 e. The van der Waals surface area contributed by atoms with Gasteiger partial charge in [0.05, 0.1) is 11.8 Å². The first-order chi connectivity index (χ1) is 14.6. The van der Waals surface area contributed by atoms with Gasteiger partial charge in [-0.2, -0.15) is 0 Å². The van der Waals surface area contributed by atoms with Gasteiger partial charge in [0.15, 0.2) is 0 Å². The lowest BCUT2D eigenvalue weighted by Gasteiger charge is -2.20. The quantitative estimate of drug-likeness (QED) is 0.196. The van der Waals surface area contributed by atoms with Crippen LogP contribution in [0.2, 0.25) is 0 Å². The molecule has 168 valence electrons. The Morgan fingerprint density at radius 2 is 1.30 bits per heavy atom. The molecule has 4 nitrogen and oxygen atoms in total. The molecule has 1 aromatic carbocycles. The lowest BCUT2D eigenvalue weighted by molar-refractivity contribution is -0.150. The molecule has 0 spiro atoms. The SMILES string of the molecule is CCCCCCCC/C=C\CCCCCCC(C(=O)O)C(C(=O)O)c1ccccc1. The van der Waals surface area contributed by atoms with Crippen molar-refractivity contribution < 1.29 is 19.8 Å². The Morgan fingerprint density at radius 1 is 0.767 bits per heavy atom. The number of carboxylic acids is 2. The van der Waals surface area contributed by atoms with Crippen LogP contribution in [-0.4, -0.2) is 22.2 Å². The summed E-state index contributed by atoms with van der Waals surface area (Å²) in [5, 5.41) is 19.2. The van der Waals surface area contributed by atoms with Crippen LogP contribution >= 0.6 is 0 Å². The van der Waals surface area contributed by atoms with E-state index in [0.29, 0.717) is 12.0 Å². The molecule has 0 aliphatic rings. The first-order valence-corrected chi connectivity index (χ1v) is 11.7. The number of aliphatic carboxylic acids is 2. The van der Waals surface area contributed by atoms with Gasteiger partial charge < -0.3 is 10.2 Å². The Hall–Kier alpha value is -2.10. The molecule has 1 aromatic rings. The molecule has 2 N–H and O–H groups in total. The van der Waals surface area contributed by atoms with E-state index in [4.69, 9.17) is 0 Å². The van der Waals surface area contributed by atoms with Gasteiger partial charge >= 0.3 is 11.9 Å². The number of allylic oxidation sites excluding steroid dienone is 2. The molecule has 0 bridgehead atoms. The zero-order valence-electron chi connectivity index (χ0n) is 18.6. The van der Waals surface area contributed by atoms with E-state index in [1.54, 1.807) is 30.3 Å². The van der Waals surface area contributed by atoms with Crippen LogP contribution in [0.3, 0.4) is 0 Å². The summed E-state index contributed by atoms with van der Waals surface area (Å²) in [7, 11) is 0. The third kappa shape index (κ3) is 11.2.